The standard InChI is InChI=1S/C24H16N2O10S2.2Na/c27-21(11-37-36-35-31)25-17-7-3-1-5-13(17)23(29)15-10-20-16(9-19(15)25)24(30)14-6-2-4-8-18(14)26(20)22(28)12-38(32,33)34;;/h1-10,31H,11-12H2,(H,32,33,34);;/q;2*+1/p-2. The molecule has 0 spiro atoms. The Labute approximate surface area is 273 Å². The van der Waals surface area contributed by atoms with Gasteiger partial charge in [0.2, 0.25) is 11.8 Å². The van der Waals surface area contributed by atoms with Crippen molar-refractivity contribution in [1.82, 2.24) is 9.13 Å². The van der Waals surface area contributed by atoms with E-state index in [1.807, 2.05) is 0 Å². The molecule has 3 aromatic carbocycles. The van der Waals surface area contributed by atoms with E-state index in [1.165, 1.54) is 53.1 Å². The fourth-order valence-corrected chi connectivity index (χ4v) is 5.24. The number of para-hydroxylation sites is 2. The van der Waals surface area contributed by atoms with E-state index in [0.29, 0.717) is 12.0 Å². The van der Waals surface area contributed by atoms with Gasteiger partial charge in [-0.2, -0.15) is 4.33 Å². The number of benzene rings is 3. The van der Waals surface area contributed by atoms with E-state index in [2.05, 4.69) is 9.37 Å². The predicted molar refractivity (Wildman–Crippen MR) is 135 cm³/mol. The molecule has 2 heterocycles. The number of hydrogen-bond acceptors (Lipinski definition) is 11. The summed E-state index contributed by atoms with van der Waals surface area (Å²) in [5.41, 5.74) is -0.904. The van der Waals surface area contributed by atoms with Gasteiger partial charge >= 0.3 is 59.1 Å². The van der Waals surface area contributed by atoms with Gasteiger partial charge < -0.3 is 9.81 Å². The molecule has 0 unspecified atom stereocenters. The first-order chi connectivity index (χ1) is 18.1. The summed E-state index contributed by atoms with van der Waals surface area (Å²) >= 11 is 0.418. The number of nitrogens with zero attached hydrogens (tertiary/aromatic N) is 2. The summed E-state index contributed by atoms with van der Waals surface area (Å²) in [5.74, 6) is -3.53. The monoisotopic (exact) mass is 600 g/mol. The van der Waals surface area contributed by atoms with Crippen molar-refractivity contribution < 1.29 is 96.3 Å². The van der Waals surface area contributed by atoms with Crippen LogP contribution in [0, 0.1) is 0 Å². The smallest absolute Gasteiger partial charge is 0.748 e. The van der Waals surface area contributed by atoms with Gasteiger partial charge in [0.05, 0.1) is 22.1 Å². The number of carbonyl (C=O) groups excluding carboxylic acids is 2. The zero-order valence-electron chi connectivity index (χ0n) is 21.0. The summed E-state index contributed by atoms with van der Waals surface area (Å²) in [4.78, 5) is 53.2. The van der Waals surface area contributed by atoms with Gasteiger partial charge in [0.1, 0.15) is 21.6 Å². The van der Waals surface area contributed by atoms with E-state index in [1.54, 1.807) is 12.1 Å². The number of fused-ring (bicyclic) bond motifs is 4. The molecular weight excluding hydrogens is 586 g/mol. The molecule has 0 N–H and O–H groups in total. The Kier molecular flexibility index (Phi) is 10.5. The molecule has 40 heavy (non-hydrogen) atoms. The molecule has 0 radical (unpaired) electrons. The van der Waals surface area contributed by atoms with Crippen molar-refractivity contribution in [3.63, 3.8) is 0 Å². The van der Waals surface area contributed by atoms with Gasteiger partial charge in [-0.15, -0.1) is 0 Å². The summed E-state index contributed by atoms with van der Waals surface area (Å²) in [6, 6.07) is 14.6. The number of aromatic nitrogens is 2. The van der Waals surface area contributed by atoms with Gasteiger partial charge in [0.15, 0.2) is 10.9 Å². The first-order valence-corrected chi connectivity index (χ1v) is 13.2. The molecule has 0 aliphatic rings. The van der Waals surface area contributed by atoms with Crippen LogP contribution in [0.15, 0.2) is 70.3 Å². The average Bonchev–Trinajstić information content (AvgIpc) is 2.88. The minimum Gasteiger partial charge on any atom is -0.748 e. The Balaban J connectivity index is 0.00000220. The SMILES string of the molecule is O=C(CSOO[O-])n1c2ccccc2c(=O)c2cc3c(cc21)c(=O)c1ccccc1n3C(=O)CS(=O)(=O)[O-].[Na+].[Na+]. The normalized spacial score (nSPS) is 11.4. The van der Waals surface area contributed by atoms with Crippen molar-refractivity contribution in [3.8, 4) is 0 Å². The Bertz CT molecular complexity index is 2040. The van der Waals surface area contributed by atoms with Gasteiger partial charge in [-0.25, -0.2) is 8.42 Å². The van der Waals surface area contributed by atoms with Crippen molar-refractivity contribution in [3.05, 3.63) is 81.1 Å². The minimum absolute atomic E-state index is 0. The zero-order valence-corrected chi connectivity index (χ0v) is 26.6. The summed E-state index contributed by atoms with van der Waals surface area (Å²) in [6.07, 6.45) is 0. The van der Waals surface area contributed by atoms with Gasteiger partial charge in [-0.1, -0.05) is 24.3 Å². The van der Waals surface area contributed by atoms with Crippen LogP contribution < -0.4 is 75.2 Å². The van der Waals surface area contributed by atoms with E-state index < -0.39 is 44.3 Å². The zero-order chi connectivity index (χ0) is 27.2. The van der Waals surface area contributed by atoms with Crippen LogP contribution in [0.5, 0.6) is 0 Å². The van der Waals surface area contributed by atoms with Crippen molar-refractivity contribution >= 4 is 77.6 Å². The Hall–Kier alpha value is -1.92. The molecule has 12 nitrogen and oxygen atoms in total. The topological polar surface area (TPSA) is 177 Å². The number of rotatable bonds is 6. The van der Waals surface area contributed by atoms with E-state index in [0.717, 1.165) is 4.57 Å². The van der Waals surface area contributed by atoms with E-state index in [4.69, 9.17) is 0 Å². The predicted octanol–water partition coefficient (Wildman–Crippen LogP) is -4.67. The molecule has 0 aliphatic carbocycles. The molecule has 0 amide bonds. The number of hydrogen-bond donors (Lipinski definition) is 0. The van der Waals surface area contributed by atoms with Crippen molar-refractivity contribution in [2.24, 2.45) is 0 Å². The van der Waals surface area contributed by atoms with Crippen molar-refractivity contribution in [2.45, 2.75) is 0 Å². The molecule has 0 saturated carbocycles. The Morgan fingerprint density at radius 1 is 0.750 bits per heavy atom. The summed E-state index contributed by atoms with van der Waals surface area (Å²) < 4.78 is 40.5. The molecule has 16 heteroatoms. The quantitative estimate of drug-likeness (QED) is 0.0348. The van der Waals surface area contributed by atoms with E-state index in [9.17, 15) is 37.4 Å². The molecule has 0 aliphatic heterocycles. The fourth-order valence-electron chi connectivity index (χ4n) is 4.49. The summed E-state index contributed by atoms with van der Waals surface area (Å²) in [5, 5.41) is 13.5. The fraction of sp³-hybridized carbons (Fsp3) is 0.0833. The van der Waals surface area contributed by atoms with E-state index >= 15 is 0 Å². The summed E-state index contributed by atoms with van der Waals surface area (Å²) in [6.45, 7) is 0. The maximum atomic E-state index is 13.5. The molecule has 194 valence electrons. The maximum absolute atomic E-state index is 13.5. The van der Waals surface area contributed by atoms with Crippen LogP contribution in [0.2, 0.25) is 0 Å². The van der Waals surface area contributed by atoms with Crippen LogP contribution in [0.3, 0.4) is 0 Å². The van der Waals surface area contributed by atoms with Crippen molar-refractivity contribution in [2.75, 3.05) is 11.5 Å². The molecule has 0 saturated heterocycles. The molecule has 5 aromatic rings. The largest absolute Gasteiger partial charge is 1.00 e. The Morgan fingerprint density at radius 3 is 1.65 bits per heavy atom. The van der Waals surface area contributed by atoms with Crippen LogP contribution in [-0.2, 0) is 19.5 Å². The third-order valence-corrected chi connectivity index (χ3v) is 7.04. The molecular formula is C24H14N2Na2O10S2. The third-order valence-electron chi connectivity index (χ3n) is 5.92. The number of carbonyl (C=O) groups is 2. The Morgan fingerprint density at radius 2 is 1.20 bits per heavy atom. The van der Waals surface area contributed by atoms with E-state index in [-0.39, 0.29) is 103 Å². The second kappa shape index (κ2) is 12.9. The third kappa shape index (κ3) is 5.99. The van der Waals surface area contributed by atoms with Crippen LogP contribution in [-0.4, -0.2) is 45.4 Å². The van der Waals surface area contributed by atoms with Gasteiger partial charge in [-0.05, 0) is 36.4 Å². The van der Waals surface area contributed by atoms with Gasteiger partial charge in [-0.3, -0.25) is 33.4 Å². The van der Waals surface area contributed by atoms with Gasteiger partial charge in [0, 0.05) is 33.6 Å². The second-order valence-corrected chi connectivity index (χ2v) is 10.2. The molecule has 2 aromatic heterocycles. The number of pyridine rings is 2. The molecule has 5 rings (SSSR count). The first kappa shape index (κ1) is 32.6. The second-order valence-electron chi connectivity index (χ2n) is 8.14. The molecule has 0 atom stereocenters. The summed E-state index contributed by atoms with van der Waals surface area (Å²) in [7, 11) is -4.98. The maximum Gasteiger partial charge on any atom is 1.00 e. The van der Waals surface area contributed by atoms with Crippen LogP contribution >= 0.6 is 12.0 Å². The molecule has 0 bridgehead atoms. The van der Waals surface area contributed by atoms with Crippen LogP contribution in [0.1, 0.15) is 9.59 Å². The minimum atomic E-state index is -4.98. The van der Waals surface area contributed by atoms with Crippen molar-refractivity contribution in [1.29, 1.82) is 0 Å². The molecule has 0 fully saturated rings. The van der Waals surface area contributed by atoms with Crippen LogP contribution in [0.25, 0.3) is 43.6 Å². The van der Waals surface area contributed by atoms with Gasteiger partial charge in [0.25, 0.3) is 0 Å². The van der Waals surface area contributed by atoms with Crippen LogP contribution in [0.4, 0.5) is 0 Å². The first-order valence-electron chi connectivity index (χ1n) is 10.8. The average molecular weight is 600 g/mol.